The Morgan fingerprint density at radius 1 is 1.06 bits per heavy atom. The monoisotopic (exact) mass is 499 g/mol. The van der Waals surface area contributed by atoms with Gasteiger partial charge >= 0.3 is 0 Å². The molecule has 0 amide bonds. The first kappa shape index (κ1) is 22.7. The van der Waals surface area contributed by atoms with E-state index < -0.39 is 0 Å². The van der Waals surface area contributed by atoms with Crippen molar-refractivity contribution in [1.82, 2.24) is 19.5 Å². The number of ether oxygens (including phenoxy) is 1. The molecule has 5 aromatic rings. The number of imidazole rings is 1. The SMILES string of the molecule is COc1cccc(-c2sc3nc(-c4nccn4C)nc(NC4CCCC4)c3c2-c2ccccc2)c1F. The molecule has 8 heteroatoms. The van der Waals surface area contributed by atoms with E-state index in [9.17, 15) is 0 Å². The first-order valence-corrected chi connectivity index (χ1v) is 12.9. The lowest BCUT2D eigenvalue weighted by molar-refractivity contribution is 0.387. The van der Waals surface area contributed by atoms with E-state index in [1.165, 1.54) is 31.3 Å². The van der Waals surface area contributed by atoms with E-state index in [4.69, 9.17) is 14.7 Å². The minimum Gasteiger partial charge on any atom is -0.494 e. The fourth-order valence-corrected chi connectivity index (χ4v) is 6.18. The van der Waals surface area contributed by atoms with Crippen LogP contribution in [0.4, 0.5) is 10.2 Å². The van der Waals surface area contributed by atoms with Crippen LogP contribution >= 0.6 is 11.3 Å². The number of benzene rings is 2. The van der Waals surface area contributed by atoms with E-state index in [0.29, 0.717) is 23.3 Å². The predicted octanol–water partition coefficient (Wildman–Crippen LogP) is 6.93. The molecular formula is C28H26FN5OS. The Morgan fingerprint density at radius 2 is 1.86 bits per heavy atom. The van der Waals surface area contributed by atoms with Crippen molar-refractivity contribution >= 4 is 27.4 Å². The number of hydrogen-bond acceptors (Lipinski definition) is 6. The van der Waals surface area contributed by atoms with Crippen molar-refractivity contribution in [2.24, 2.45) is 7.05 Å². The van der Waals surface area contributed by atoms with Gasteiger partial charge in [0.25, 0.3) is 0 Å². The first-order valence-electron chi connectivity index (χ1n) is 12.1. The van der Waals surface area contributed by atoms with Crippen LogP contribution in [0.5, 0.6) is 5.75 Å². The maximum absolute atomic E-state index is 15.6. The van der Waals surface area contributed by atoms with E-state index in [2.05, 4.69) is 22.4 Å². The van der Waals surface area contributed by atoms with Gasteiger partial charge in [-0.05, 0) is 24.5 Å². The van der Waals surface area contributed by atoms with Crippen molar-refractivity contribution in [3.63, 3.8) is 0 Å². The fraction of sp³-hybridized carbons (Fsp3) is 0.250. The third-order valence-corrected chi connectivity index (χ3v) is 7.88. The zero-order valence-corrected chi connectivity index (χ0v) is 21.0. The molecule has 6 rings (SSSR count). The fourth-order valence-electron chi connectivity index (χ4n) is 4.96. The van der Waals surface area contributed by atoms with Gasteiger partial charge < -0.3 is 14.6 Å². The highest BCUT2D eigenvalue weighted by atomic mass is 32.1. The number of nitrogens with one attached hydrogen (secondary N) is 1. The molecule has 1 aliphatic carbocycles. The van der Waals surface area contributed by atoms with Crippen molar-refractivity contribution in [2.75, 3.05) is 12.4 Å². The number of nitrogens with zero attached hydrogens (tertiary/aromatic N) is 4. The van der Waals surface area contributed by atoms with Gasteiger partial charge in [-0.3, -0.25) is 0 Å². The molecule has 1 aliphatic rings. The Labute approximate surface area is 212 Å². The van der Waals surface area contributed by atoms with Gasteiger partial charge in [-0.15, -0.1) is 11.3 Å². The average Bonchev–Trinajstić information content (AvgIpc) is 3.65. The summed E-state index contributed by atoms with van der Waals surface area (Å²) >= 11 is 1.47. The van der Waals surface area contributed by atoms with Crippen molar-refractivity contribution < 1.29 is 9.13 Å². The Morgan fingerprint density at radius 3 is 2.58 bits per heavy atom. The Balaban J connectivity index is 1.67. The minimum atomic E-state index is -0.383. The molecule has 1 saturated carbocycles. The lowest BCUT2D eigenvalue weighted by atomic mass is 9.99. The van der Waals surface area contributed by atoms with Crippen LogP contribution in [-0.2, 0) is 7.05 Å². The van der Waals surface area contributed by atoms with E-state index in [0.717, 1.165) is 44.9 Å². The van der Waals surface area contributed by atoms with Gasteiger partial charge in [0.05, 0.1) is 12.5 Å². The topological polar surface area (TPSA) is 64.9 Å². The number of anilines is 1. The van der Waals surface area contributed by atoms with Crippen molar-refractivity contribution in [3.05, 3.63) is 66.7 Å². The number of aryl methyl sites for hydroxylation is 1. The molecular weight excluding hydrogens is 473 g/mol. The van der Waals surface area contributed by atoms with E-state index in [-0.39, 0.29) is 11.6 Å². The summed E-state index contributed by atoms with van der Waals surface area (Å²) in [7, 11) is 3.42. The highest BCUT2D eigenvalue weighted by molar-refractivity contribution is 7.22. The van der Waals surface area contributed by atoms with E-state index >= 15 is 4.39 Å². The molecule has 2 aromatic carbocycles. The summed E-state index contributed by atoms with van der Waals surface area (Å²) in [4.78, 5) is 16.0. The Hall–Kier alpha value is -3.78. The Bertz CT molecular complexity index is 1540. The van der Waals surface area contributed by atoms with Crippen molar-refractivity contribution in [3.8, 4) is 39.0 Å². The molecule has 0 spiro atoms. The summed E-state index contributed by atoms with van der Waals surface area (Å²) in [6.07, 6.45) is 8.24. The van der Waals surface area contributed by atoms with Gasteiger partial charge in [0, 0.05) is 41.5 Å². The second-order valence-electron chi connectivity index (χ2n) is 9.06. The molecule has 0 saturated heterocycles. The van der Waals surface area contributed by atoms with Gasteiger partial charge in [0.15, 0.2) is 23.2 Å². The normalized spacial score (nSPS) is 14.0. The number of methoxy groups -OCH3 is 1. The highest BCUT2D eigenvalue weighted by Crippen LogP contribution is 2.48. The standard InChI is InChI=1S/C28H26FN5OS/c1-34-16-15-30-27(34)26-32-25(31-18-11-6-7-12-18)22-21(17-9-4-3-5-10-17)24(36-28(22)33-26)19-13-8-14-20(35-2)23(19)29/h3-5,8-10,13-16,18H,6-7,11-12H2,1-2H3,(H,31,32,33). The number of halogens is 1. The largest absolute Gasteiger partial charge is 0.494 e. The maximum atomic E-state index is 15.6. The van der Waals surface area contributed by atoms with Crippen LogP contribution in [0.3, 0.4) is 0 Å². The average molecular weight is 500 g/mol. The second-order valence-corrected chi connectivity index (χ2v) is 10.1. The Kier molecular flexibility index (Phi) is 5.89. The number of rotatable bonds is 6. The lowest BCUT2D eigenvalue weighted by Gasteiger charge is -2.16. The predicted molar refractivity (Wildman–Crippen MR) is 143 cm³/mol. The van der Waals surface area contributed by atoms with Crippen LogP contribution in [0.15, 0.2) is 60.9 Å². The molecule has 3 heterocycles. The molecule has 1 N–H and O–H groups in total. The molecule has 36 heavy (non-hydrogen) atoms. The highest BCUT2D eigenvalue weighted by Gasteiger charge is 2.26. The summed E-state index contributed by atoms with van der Waals surface area (Å²) in [5.74, 6) is 1.85. The number of hydrogen-bond donors (Lipinski definition) is 1. The summed E-state index contributed by atoms with van der Waals surface area (Å²) in [6, 6.07) is 15.7. The molecule has 6 nitrogen and oxygen atoms in total. The molecule has 0 atom stereocenters. The van der Waals surface area contributed by atoms with Gasteiger partial charge in [0.1, 0.15) is 10.6 Å². The number of fused-ring (bicyclic) bond motifs is 1. The third kappa shape index (κ3) is 3.91. The maximum Gasteiger partial charge on any atom is 0.199 e. The molecule has 0 unspecified atom stereocenters. The van der Waals surface area contributed by atoms with Gasteiger partial charge in [-0.1, -0.05) is 55.3 Å². The van der Waals surface area contributed by atoms with E-state index in [1.807, 2.05) is 42.1 Å². The zero-order valence-electron chi connectivity index (χ0n) is 20.2. The molecule has 1 fully saturated rings. The molecule has 182 valence electrons. The molecule has 0 radical (unpaired) electrons. The smallest absolute Gasteiger partial charge is 0.199 e. The van der Waals surface area contributed by atoms with Crippen LogP contribution in [-0.4, -0.2) is 32.7 Å². The lowest BCUT2D eigenvalue weighted by Crippen LogP contribution is -2.16. The molecule has 3 aromatic heterocycles. The van der Waals surface area contributed by atoms with E-state index in [1.54, 1.807) is 18.3 Å². The van der Waals surface area contributed by atoms with Gasteiger partial charge in [-0.25, -0.2) is 19.3 Å². The minimum absolute atomic E-state index is 0.216. The number of thiophene rings is 1. The van der Waals surface area contributed by atoms with Crippen LogP contribution < -0.4 is 10.1 Å². The number of aromatic nitrogens is 4. The summed E-state index contributed by atoms with van der Waals surface area (Å²) in [5, 5.41) is 4.63. The van der Waals surface area contributed by atoms with Crippen LogP contribution in [0, 0.1) is 5.82 Å². The second kappa shape index (κ2) is 9.35. The summed E-state index contributed by atoms with van der Waals surface area (Å²) in [6.45, 7) is 0. The van der Waals surface area contributed by atoms with Crippen molar-refractivity contribution in [2.45, 2.75) is 31.7 Å². The summed E-state index contributed by atoms with van der Waals surface area (Å²) in [5.41, 5.74) is 2.40. The van der Waals surface area contributed by atoms with Crippen LogP contribution in [0.2, 0.25) is 0 Å². The summed E-state index contributed by atoms with van der Waals surface area (Å²) < 4.78 is 22.8. The van der Waals surface area contributed by atoms with Gasteiger partial charge in [0.2, 0.25) is 0 Å². The van der Waals surface area contributed by atoms with Gasteiger partial charge in [-0.2, -0.15) is 0 Å². The van der Waals surface area contributed by atoms with Crippen LogP contribution in [0.25, 0.3) is 43.4 Å². The molecule has 0 bridgehead atoms. The quantitative estimate of drug-likeness (QED) is 0.274. The third-order valence-electron chi connectivity index (χ3n) is 6.76. The first-order chi connectivity index (χ1) is 17.6. The van der Waals surface area contributed by atoms with Crippen molar-refractivity contribution in [1.29, 1.82) is 0 Å². The molecule has 0 aliphatic heterocycles. The van der Waals surface area contributed by atoms with Crippen LogP contribution in [0.1, 0.15) is 25.7 Å². The zero-order chi connectivity index (χ0) is 24.6.